The van der Waals surface area contributed by atoms with E-state index in [9.17, 15) is 0 Å². The van der Waals surface area contributed by atoms with Crippen LogP contribution in [0.5, 0.6) is 0 Å². The minimum atomic E-state index is 0.709. The summed E-state index contributed by atoms with van der Waals surface area (Å²) in [7, 11) is 0. The first kappa shape index (κ1) is 28.4. The number of rotatable bonds is 7. The molecule has 0 atom stereocenters. The lowest BCUT2D eigenvalue weighted by Gasteiger charge is -2.27. The molecule has 2 nitrogen and oxygen atoms in total. The second-order valence-corrected chi connectivity index (χ2v) is 12.0. The second-order valence-electron chi connectivity index (χ2n) is 12.0. The fraction of sp³-hybridized carbons (Fsp3) is 0.0222. The van der Waals surface area contributed by atoms with Crippen molar-refractivity contribution in [3.05, 3.63) is 188 Å². The zero-order valence-corrected chi connectivity index (χ0v) is 26.1. The Kier molecular flexibility index (Phi) is 7.45. The van der Waals surface area contributed by atoms with Gasteiger partial charge >= 0.3 is 0 Å². The van der Waals surface area contributed by atoms with Crippen LogP contribution >= 0.6 is 0 Å². The molecular weight excluding hydrogens is 569 g/mol. The Hall–Kier alpha value is -6.12. The molecule has 8 aromatic carbocycles. The smallest absolute Gasteiger partial charge is 0.0647 e. The van der Waals surface area contributed by atoms with Crippen LogP contribution in [0.2, 0.25) is 0 Å². The van der Waals surface area contributed by atoms with E-state index in [2.05, 4.69) is 175 Å². The van der Waals surface area contributed by atoms with E-state index in [1.54, 1.807) is 0 Å². The zero-order valence-electron chi connectivity index (χ0n) is 26.1. The molecule has 0 heterocycles. The van der Waals surface area contributed by atoms with Gasteiger partial charge in [-0.3, -0.25) is 0 Å². The molecule has 47 heavy (non-hydrogen) atoms. The topological polar surface area (TPSA) is 29.3 Å². The highest BCUT2D eigenvalue weighted by Gasteiger charge is 2.18. The van der Waals surface area contributed by atoms with Gasteiger partial charge in [-0.15, -0.1) is 0 Å². The zero-order chi connectivity index (χ0) is 31.6. The Morgan fingerprint density at radius 1 is 0.383 bits per heavy atom. The number of hydrogen-bond acceptors (Lipinski definition) is 2. The minimum Gasteiger partial charge on any atom is -0.397 e. The van der Waals surface area contributed by atoms with Gasteiger partial charge in [-0.1, -0.05) is 152 Å². The van der Waals surface area contributed by atoms with Crippen LogP contribution in [0.4, 0.5) is 17.1 Å². The molecule has 224 valence electrons. The highest BCUT2D eigenvalue weighted by Crippen LogP contribution is 2.45. The fourth-order valence-corrected chi connectivity index (χ4v) is 6.86. The third-order valence-corrected chi connectivity index (χ3v) is 9.05. The van der Waals surface area contributed by atoms with Crippen LogP contribution in [0, 0.1) is 0 Å². The highest BCUT2D eigenvalue weighted by atomic mass is 15.1. The van der Waals surface area contributed by atoms with E-state index < -0.39 is 0 Å². The fourth-order valence-electron chi connectivity index (χ4n) is 6.86. The van der Waals surface area contributed by atoms with Gasteiger partial charge in [-0.25, -0.2) is 0 Å². The van der Waals surface area contributed by atoms with E-state index >= 15 is 0 Å². The van der Waals surface area contributed by atoms with Crippen molar-refractivity contribution in [3.63, 3.8) is 0 Å². The van der Waals surface area contributed by atoms with Gasteiger partial charge in [0.1, 0.15) is 0 Å². The molecule has 0 saturated heterocycles. The maximum Gasteiger partial charge on any atom is 0.0647 e. The predicted octanol–water partition coefficient (Wildman–Crippen LogP) is 11.9. The van der Waals surface area contributed by atoms with Gasteiger partial charge in [0.25, 0.3) is 0 Å². The van der Waals surface area contributed by atoms with E-state index in [-0.39, 0.29) is 0 Å². The molecule has 0 spiro atoms. The number of anilines is 3. The summed E-state index contributed by atoms with van der Waals surface area (Å²) in [6.45, 7) is 0.709. The minimum absolute atomic E-state index is 0.709. The number of para-hydroxylation sites is 2. The van der Waals surface area contributed by atoms with Gasteiger partial charge in [0.2, 0.25) is 0 Å². The first-order valence-electron chi connectivity index (χ1n) is 16.1. The molecule has 8 aromatic rings. The first-order chi connectivity index (χ1) is 23.2. The van der Waals surface area contributed by atoms with Gasteiger partial charge in [-0.05, 0) is 90.8 Å². The largest absolute Gasteiger partial charge is 0.397 e. The monoisotopic (exact) mass is 602 g/mol. The number of benzene rings is 8. The maximum absolute atomic E-state index is 6.56. The Labute approximate surface area is 276 Å². The summed E-state index contributed by atoms with van der Waals surface area (Å²) in [4.78, 5) is 2.31. The van der Waals surface area contributed by atoms with E-state index in [1.807, 2.05) is 12.1 Å². The molecular formula is C45H34N2. The summed E-state index contributed by atoms with van der Waals surface area (Å²) in [6.07, 6.45) is 0. The van der Waals surface area contributed by atoms with Crippen LogP contribution in [-0.2, 0) is 6.54 Å². The molecule has 0 fully saturated rings. The highest BCUT2D eigenvalue weighted by molar-refractivity contribution is 6.22. The summed E-state index contributed by atoms with van der Waals surface area (Å²) in [5.41, 5.74) is 17.9. The first-order valence-corrected chi connectivity index (χ1v) is 16.1. The molecule has 0 bridgehead atoms. The molecule has 2 heteroatoms. The standard InChI is InChI=1S/C45H34N2/c46-42-25-12-13-26-43(42)47(31-32-15-4-1-5-16-32)37-22-14-21-35(29-37)36-27-28-40-41(30-36)45(34-19-8-3-9-20-34)39-24-11-10-23-38(39)44(40)33-17-6-2-7-18-33/h1-30H,31,46H2. The van der Waals surface area contributed by atoms with Gasteiger partial charge in [-0.2, -0.15) is 0 Å². The van der Waals surface area contributed by atoms with Gasteiger partial charge in [0.15, 0.2) is 0 Å². The van der Waals surface area contributed by atoms with Crippen molar-refractivity contribution in [2.24, 2.45) is 0 Å². The van der Waals surface area contributed by atoms with E-state index in [0.29, 0.717) is 6.54 Å². The number of nitrogens with two attached hydrogens (primary N) is 1. The molecule has 0 unspecified atom stereocenters. The van der Waals surface area contributed by atoms with Crippen molar-refractivity contribution in [1.29, 1.82) is 0 Å². The molecule has 0 saturated carbocycles. The SMILES string of the molecule is Nc1ccccc1N(Cc1ccccc1)c1cccc(-c2ccc3c(-c4ccccc4)c4ccccc4c(-c4ccccc4)c3c2)c1. The lowest BCUT2D eigenvalue weighted by Crippen LogP contribution is -2.17. The third kappa shape index (κ3) is 5.41. The number of fused-ring (bicyclic) bond motifs is 2. The molecule has 8 rings (SSSR count). The maximum atomic E-state index is 6.56. The van der Waals surface area contributed by atoms with Crippen LogP contribution < -0.4 is 10.6 Å². The summed E-state index contributed by atoms with van der Waals surface area (Å²) in [6, 6.07) is 64.9. The van der Waals surface area contributed by atoms with Gasteiger partial charge in [0, 0.05) is 12.2 Å². The second kappa shape index (κ2) is 12.3. The van der Waals surface area contributed by atoms with Crippen molar-refractivity contribution >= 4 is 38.6 Å². The molecule has 0 amide bonds. The Balaban J connectivity index is 1.34. The van der Waals surface area contributed by atoms with Crippen molar-refractivity contribution in [3.8, 4) is 33.4 Å². The van der Waals surface area contributed by atoms with E-state index in [1.165, 1.54) is 54.9 Å². The Bertz CT molecular complexity index is 2330. The predicted molar refractivity (Wildman–Crippen MR) is 201 cm³/mol. The molecule has 0 radical (unpaired) electrons. The van der Waals surface area contributed by atoms with Crippen LogP contribution in [-0.4, -0.2) is 0 Å². The molecule has 2 N–H and O–H groups in total. The third-order valence-electron chi connectivity index (χ3n) is 9.05. The Morgan fingerprint density at radius 3 is 1.55 bits per heavy atom. The van der Waals surface area contributed by atoms with Crippen LogP contribution in [0.1, 0.15) is 5.56 Å². The van der Waals surface area contributed by atoms with E-state index in [0.717, 1.165) is 22.6 Å². The quantitative estimate of drug-likeness (QED) is 0.145. The number of nitrogens with zero attached hydrogens (tertiary/aromatic N) is 1. The average Bonchev–Trinajstić information content (AvgIpc) is 3.14. The summed E-state index contributed by atoms with van der Waals surface area (Å²) >= 11 is 0. The van der Waals surface area contributed by atoms with Crippen molar-refractivity contribution in [1.82, 2.24) is 0 Å². The molecule has 0 aliphatic rings. The van der Waals surface area contributed by atoms with Gasteiger partial charge in [0.05, 0.1) is 11.4 Å². The van der Waals surface area contributed by atoms with Crippen molar-refractivity contribution in [2.75, 3.05) is 10.6 Å². The number of nitrogen functional groups attached to an aromatic ring is 1. The number of hydrogen-bond donors (Lipinski definition) is 1. The lowest BCUT2D eigenvalue weighted by atomic mass is 9.85. The Morgan fingerprint density at radius 2 is 0.894 bits per heavy atom. The van der Waals surface area contributed by atoms with Crippen LogP contribution in [0.15, 0.2) is 182 Å². The molecule has 0 aliphatic carbocycles. The summed E-state index contributed by atoms with van der Waals surface area (Å²) in [5, 5.41) is 5.00. The summed E-state index contributed by atoms with van der Waals surface area (Å²) in [5.74, 6) is 0. The van der Waals surface area contributed by atoms with Crippen LogP contribution in [0.25, 0.3) is 54.9 Å². The van der Waals surface area contributed by atoms with Gasteiger partial charge < -0.3 is 10.6 Å². The van der Waals surface area contributed by atoms with Crippen molar-refractivity contribution < 1.29 is 0 Å². The van der Waals surface area contributed by atoms with Crippen molar-refractivity contribution in [2.45, 2.75) is 6.54 Å². The van der Waals surface area contributed by atoms with E-state index in [4.69, 9.17) is 5.73 Å². The lowest BCUT2D eigenvalue weighted by molar-refractivity contribution is 0.977. The normalized spacial score (nSPS) is 11.1. The molecule has 0 aliphatic heterocycles. The average molecular weight is 603 g/mol. The summed E-state index contributed by atoms with van der Waals surface area (Å²) < 4.78 is 0. The van der Waals surface area contributed by atoms with Crippen LogP contribution in [0.3, 0.4) is 0 Å². The molecule has 0 aromatic heterocycles.